The van der Waals surface area contributed by atoms with Crippen molar-refractivity contribution in [1.29, 1.82) is 0 Å². The van der Waals surface area contributed by atoms with E-state index in [0.29, 0.717) is 24.0 Å². The number of thiol groups is 1. The van der Waals surface area contributed by atoms with Gasteiger partial charge in [0.25, 0.3) is 0 Å². The third kappa shape index (κ3) is 3.82. The Hall–Kier alpha value is 0.0200. The van der Waals surface area contributed by atoms with Crippen LogP contribution in [0.4, 0.5) is 0 Å². The van der Waals surface area contributed by atoms with Crippen LogP contribution in [0.25, 0.3) is 0 Å². The summed E-state index contributed by atoms with van der Waals surface area (Å²) >= 11 is 4.66. The first kappa shape index (κ1) is 15.0. The number of hydrogen-bond donors (Lipinski definition) is 1. The lowest BCUT2D eigenvalue weighted by Crippen LogP contribution is -2.43. The smallest absolute Gasteiger partial charge is 0.149 e. The molecule has 0 aliphatic heterocycles. The lowest BCUT2D eigenvalue weighted by molar-refractivity contribution is -0.123. The molecule has 90 valence electrons. The predicted molar refractivity (Wildman–Crippen MR) is 70.5 cm³/mol. The summed E-state index contributed by atoms with van der Waals surface area (Å²) in [7, 11) is 0. The van der Waals surface area contributed by atoms with E-state index < -0.39 is 4.75 Å². The van der Waals surface area contributed by atoms with Gasteiger partial charge in [-0.1, -0.05) is 47.5 Å². The zero-order valence-corrected chi connectivity index (χ0v) is 11.7. The highest BCUT2D eigenvalue weighted by atomic mass is 32.1. The summed E-state index contributed by atoms with van der Waals surface area (Å²) in [5.74, 6) is 0.925. The number of carbonyl (C=O) groups is 1. The van der Waals surface area contributed by atoms with E-state index in [4.69, 9.17) is 0 Å². The summed E-state index contributed by atoms with van der Waals surface area (Å²) < 4.78 is -0.437. The molecule has 0 aromatic carbocycles. The van der Waals surface area contributed by atoms with Gasteiger partial charge in [0, 0.05) is 6.42 Å². The Labute approximate surface area is 100 Å². The number of hydrogen-bond acceptors (Lipinski definition) is 2. The van der Waals surface area contributed by atoms with Crippen LogP contribution in [0.3, 0.4) is 0 Å². The molecule has 0 unspecified atom stereocenters. The van der Waals surface area contributed by atoms with E-state index in [1.807, 2.05) is 0 Å². The number of unbranched alkanes of at least 4 members (excludes halogenated alkanes) is 2. The second kappa shape index (κ2) is 6.57. The van der Waals surface area contributed by atoms with Crippen LogP contribution < -0.4 is 0 Å². The van der Waals surface area contributed by atoms with Crippen LogP contribution in [0.5, 0.6) is 0 Å². The van der Waals surface area contributed by atoms with E-state index in [9.17, 15) is 4.79 Å². The molecule has 0 saturated heterocycles. The van der Waals surface area contributed by atoms with Gasteiger partial charge in [-0.2, -0.15) is 12.6 Å². The van der Waals surface area contributed by atoms with Crippen LogP contribution in [0, 0.1) is 11.8 Å². The van der Waals surface area contributed by atoms with Crippen molar-refractivity contribution >= 4 is 18.4 Å². The molecular formula is C13H26OS. The molecule has 0 aliphatic carbocycles. The van der Waals surface area contributed by atoms with Crippen LogP contribution in [0.2, 0.25) is 0 Å². The molecule has 0 aromatic rings. The minimum atomic E-state index is -0.437. The molecule has 0 radical (unpaired) electrons. The van der Waals surface area contributed by atoms with Gasteiger partial charge < -0.3 is 0 Å². The third-order valence-corrected chi connectivity index (χ3v) is 4.50. The van der Waals surface area contributed by atoms with Crippen LogP contribution in [0.1, 0.15) is 60.3 Å². The number of ketones is 1. The first-order chi connectivity index (χ1) is 6.87. The normalized spacial score (nSPS) is 12.5. The van der Waals surface area contributed by atoms with Crippen molar-refractivity contribution in [3.8, 4) is 0 Å². The van der Waals surface area contributed by atoms with Crippen molar-refractivity contribution < 1.29 is 4.79 Å². The Bertz CT molecular complexity index is 189. The van der Waals surface area contributed by atoms with Crippen LogP contribution >= 0.6 is 12.6 Å². The number of carbonyl (C=O) groups excluding carboxylic acids is 1. The standard InChI is InChI=1S/C13H26OS/c1-6-7-8-9-12(14)13(15,10(2)3)11(4)5/h10-11,15H,6-9H2,1-5H3. The van der Waals surface area contributed by atoms with Gasteiger partial charge in [-0.25, -0.2) is 0 Å². The fourth-order valence-electron chi connectivity index (χ4n) is 2.05. The van der Waals surface area contributed by atoms with Crippen molar-refractivity contribution in [3.63, 3.8) is 0 Å². The maximum absolute atomic E-state index is 12.1. The predicted octanol–water partition coefficient (Wildman–Crippen LogP) is 4.12. The molecule has 0 aliphatic rings. The average Bonchev–Trinajstić information content (AvgIpc) is 2.15. The van der Waals surface area contributed by atoms with E-state index in [2.05, 4.69) is 47.2 Å². The van der Waals surface area contributed by atoms with Gasteiger partial charge in [0.15, 0.2) is 0 Å². The van der Waals surface area contributed by atoms with Gasteiger partial charge in [-0.3, -0.25) is 4.79 Å². The molecule has 0 saturated carbocycles. The quantitative estimate of drug-likeness (QED) is 0.514. The second-order valence-corrected chi connectivity index (χ2v) is 5.76. The third-order valence-electron chi connectivity index (χ3n) is 3.21. The minimum Gasteiger partial charge on any atom is -0.298 e. The summed E-state index contributed by atoms with van der Waals surface area (Å²) in [6.07, 6.45) is 4.01. The van der Waals surface area contributed by atoms with Crippen LogP contribution in [-0.2, 0) is 4.79 Å². The Morgan fingerprint density at radius 1 is 1.13 bits per heavy atom. The molecule has 0 fully saturated rings. The SMILES string of the molecule is CCCCCC(=O)C(S)(C(C)C)C(C)C. The fraction of sp³-hybridized carbons (Fsp3) is 0.923. The molecule has 0 aromatic heterocycles. The molecule has 0 rings (SSSR count). The minimum absolute atomic E-state index is 0.301. The molecule has 0 heterocycles. The van der Waals surface area contributed by atoms with E-state index in [1.54, 1.807) is 0 Å². The molecule has 0 N–H and O–H groups in total. The first-order valence-corrected chi connectivity index (χ1v) is 6.57. The lowest BCUT2D eigenvalue weighted by Gasteiger charge is -2.35. The Morgan fingerprint density at radius 2 is 1.60 bits per heavy atom. The van der Waals surface area contributed by atoms with Gasteiger partial charge in [0.05, 0.1) is 4.75 Å². The molecule has 0 amide bonds. The van der Waals surface area contributed by atoms with E-state index >= 15 is 0 Å². The highest BCUT2D eigenvalue weighted by molar-refractivity contribution is 7.82. The summed E-state index contributed by atoms with van der Waals surface area (Å²) in [6.45, 7) is 10.5. The van der Waals surface area contributed by atoms with Gasteiger partial charge in [-0.05, 0) is 18.3 Å². The molecule has 0 spiro atoms. The van der Waals surface area contributed by atoms with Gasteiger partial charge in [0.1, 0.15) is 5.78 Å². The van der Waals surface area contributed by atoms with Crippen LogP contribution in [0.15, 0.2) is 0 Å². The van der Waals surface area contributed by atoms with E-state index in [-0.39, 0.29) is 0 Å². The average molecular weight is 230 g/mol. The maximum atomic E-state index is 12.1. The summed E-state index contributed by atoms with van der Waals surface area (Å²) in [5, 5.41) is 0. The van der Waals surface area contributed by atoms with E-state index in [0.717, 1.165) is 19.3 Å². The van der Waals surface area contributed by atoms with E-state index in [1.165, 1.54) is 0 Å². The van der Waals surface area contributed by atoms with Crippen molar-refractivity contribution in [2.75, 3.05) is 0 Å². The van der Waals surface area contributed by atoms with Crippen LogP contribution in [-0.4, -0.2) is 10.5 Å². The summed E-state index contributed by atoms with van der Waals surface area (Å²) in [6, 6.07) is 0. The lowest BCUT2D eigenvalue weighted by atomic mass is 9.79. The summed E-state index contributed by atoms with van der Waals surface area (Å²) in [5.41, 5.74) is 0. The molecule has 0 atom stereocenters. The zero-order valence-electron chi connectivity index (χ0n) is 10.8. The molecule has 1 nitrogen and oxygen atoms in total. The zero-order chi connectivity index (χ0) is 12.1. The van der Waals surface area contributed by atoms with Gasteiger partial charge >= 0.3 is 0 Å². The van der Waals surface area contributed by atoms with Crippen molar-refractivity contribution in [2.45, 2.75) is 65.0 Å². The topological polar surface area (TPSA) is 17.1 Å². The summed E-state index contributed by atoms with van der Waals surface area (Å²) in [4.78, 5) is 12.1. The maximum Gasteiger partial charge on any atom is 0.149 e. The molecule has 15 heavy (non-hydrogen) atoms. The number of rotatable bonds is 7. The monoisotopic (exact) mass is 230 g/mol. The Kier molecular flexibility index (Phi) is 6.58. The fourth-order valence-corrected chi connectivity index (χ4v) is 2.16. The highest BCUT2D eigenvalue weighted by Crippen LogP contribution is 2.35. The van der Waals surface area contributed by atoms with Crippen molar-refractivity contribution in [2.24, 2.45) is 11.8 Å². The Balaban J connectivity index is 4.44. The van der Waals surface area contributed by atoms with Gasteiger partial charge in [-0.15, -0.1) is 0 Å². The second-order valence-electron chi connectivity index (χ2n) is 5.02. The Morgan fingerprint density at radius 3 is 1.93 bits per heavy atom. The van der Waals surface area contributed by atoms with Crippen molar-refractivity contribution in [3.05, 3.63) is 0 Å². The molecule has 0 bridgehead atoms. The molecule has 2 heteroatoms. The molecular weight excluding hydrogens is 204 g/mol. The number of Topliss-reactive ketones (excluding diaryl/α,β-unsaturated/α-hetero) is 1. The largest absolute Gasteiger partial charge is 0.298 e. The first-order valence-electron chi connectivity index (χ1n) is 6.13. The van der Waals surface area contributed by atoms with Crippen molar-refractivity contribution in [1.82, 2.24) is 0 Å². The highest BCUT2D eigenvalue weighted by Gasteiger charge is 2.39. The van der Waals surface area contributed by atoms with Gasteiger partial charge in [0.2, 0.25) is 0 Å².